The van der Waals surface area contributed by atoms with E-state index >= 15 is 0 Å². The Labute approximate surface area is 186 Å². The first-order valence-corrected chi connectivity index (χ1v) is 10.1. The minimum Gasteiger partial charge on any atom is -0.493 e. The zero-order valence-electron chi connectivity index (χ0n) is 18.7. The van der Waals surface area contributed by atoms with Crippen molar-refractivity contribution in [2.75, 3.05) is 40.5 Å². The Morgan fingerprint density at radius 3 is 2.28 bits per heavy atom. The fraction of sp³-hybridized carbons (Fsp3) is 0.455. The van der Waals surface area contributed by atoms with Gasteiger partial charge in [0.25, 0.3) is 5.91 Å². The van der Waals surface area contributed by atoms with Crippen LogP contribution in [-0.4, -0.2) is 74.2 Å². The summed E-state index contributed by atoms with van der Waals surface area (Å²) in [5.74, 6) is -0.908. The highest BCUT2D eigenvalue weighted by molar-refractivity contribution is 6.06. The van der Waals surface area contributed by atoms with E-state index in [2.05, 4.69) is 6.58 Å². The maximum atomic E-state index is 13.2. The van der Waals surface area contributed by atoms with Crippen LogP contribution in [0.3, 0.4) is 0 Å². The molecule has 0 N–H and O–H groups in total. The van der Waals surface area contributed by atoms with E-state index < -0.39 is 29.9 Å². The van der Waals surface area contributed by atoms with Crippen LogP contribution < -0.4 is 9.47 Å². The molecule has 2 rings (SSSR count). The monoisotopic (exact) mass is 448 g/mol. The van der Waals surface area contributed by atoms with E-state index in [1.165, 1.54) is 19.1 Å². The Bertz CT molecular complexity index is 898. The fourth-order valence-electron chi connectivity index (χ4n) is 3.29. The first-order valence-electron chi connectivity index (χ1n) is 10.1. The molecular formula is C22H28N2O8. The van der Waals surface area contributed by atoms with E-state index in [-0.39, 0.29) is 38.3 Å². The van der Waals surface area contributed by atoms with Crippen LogP contribution in [0.2, 0.25) is 0 Å². The van der Waals surface area contributed by atoms with Crippen molar-refractivity contribution in [3.63, 3.8) is 0 Å². The number of benzene rings is 1. The molecule has 0 bridgehead atoms. The van der Waals surface area contributed by atoms with Crippen LogP contribution in [0.1, 0.15) is 31.9 Å². The number of rotatable bonds is 11. The van der Waals surface area contributed by atoms with E-state index in [0.29, 0.717) is 17.1 Å². The van der Waals surface area contributed by atoms with E-state index in [0.717, 1.165) is 4.90 Å². The van der Waals surface area contributed by atoms with Crippen LogP contribution in [0.4, 0.5) is 4.79 Å². The molecule has 1 aromatic carbocycles. The van der Waals surface area contributed by atoms with E-state index in [4.69, 9.17) is 18.9 Å². The van der Waals surface area contributed by atoms with E-state index in [1.807, 2.05) is 0 Å². The second-order valence-electron chi connectivity index (χ2n) is 6.80. The number of amides is 3. The summed E-state index contributed by atoms with van der Waals surface area (Å²) < 4.78 is 20.4. The lowest BCUT2D eigenvalue weighted by Crippen LogP contribution is -2.36. The highest BCUT2D eigenvalue weighted by Gasteiger charge is 2.46. The minimum absolute atomic E-state index is 0.0353. The molecule has 3 amide bonds. The summed E-state index contributed by atoms with van der Waals surface area (Å²) >= 11 is 0. The van der Waals surface area contributed by atoms with Gasteiger partial charge in [-0.15, -0.1) is 0 Å². The number of carbonyl (C=O) groups is 4. The summed E-state index contributed by atoms with van der Waals surface area (Å²) in [4.78, 5) is 52.3. The molecule has 1 fully saturated rings. The zero-order chi connectivity index (χ0) is 23.8. The number of hydrogen-bond acceptors (Lipinski definition) is 8. The Balaban J connectivity index is 2.37. The number of nitrogens with zero attached hydrogens (tertiary/aromatic N) is 2. The summed E-state index contributed by atoms with van der Waals surface area (Å²) in [5, 5.41) is 0. The molecule has 0 aliphatic carbocycles. The minimum atomic E-state index is -1.02. The highest BCUT2D eigenvalue weighted by Crippen LogP contribution is 2.36. The predicted octanol–water partition coefficient (Wildman–Crippen LogP) is 2.08. The van der Waals surface area contributed by atoms with Crippen molar-refractivity contribution in [2.45, 2.75) is 26.3 Å². The molecule has 0 saturated carbocycles. The molecule has 1 atom stereocenters. The largest absolute Gasteiger partial charge is 0.493 e. The average Bonchev–Trinajstić information content (AvgIpc) is 3.01. The van der Waals surface area contributed by atoms with Crippen LogP contribution >= 0.6 is 0 Å². The lowest BCUT2D eigenvalue weighted by Gasteiger charge is -2.22. The molecule has 1 aliphatic rings. The maximum Gasteiger partial charge on any atom is 0.335 e. The van der Waals surface area contributed by atoms with Gasteiger partial charge in [0.1, 0.15) is 6.04 Å². The smallest absolute Gasteiger partial charge is 0.335 e. The molecule has 1 aliphatic heterocycles. The number of imide groups is 1. The Hall–Kier alpha value is -3.56. The first-order chi connectivity index (χ1) is 15.3. The highest BCUT2D eigenvalue weighted by atomic mass is 16.5. The van der Waals surface area contributed by atoms with Gasteiger partial charge < -0.3 is 23.8 Å². The van der Waals surface area contributed by atoms with Crippen molar-refractivity contribution in [3.8, 4) is 11.5 Å². The number of carbonyl (C=O) groups excluding carboxylic acids is 4. The zero-order valence-corrected chi connectivity index (χ0v) is 18.7. The van der Waals surface area contributed by atoms with Crippen molar-refractivity contribution in [3.05, 3.63) is 35.9 Å². The lowest BCUT2D eigenvalue weighted by atomic mass is 10.0. The molecule has 10 nitrogen and oxygen atoms in total. The SMILES string of the molecule is C=C(CN1C(=O)C(c2ccc(OC)c(OC)c2)N(CCC(=O)OCC)C1=O)C(=O)OCC. The fourth-order valence-corrected chi connectivity index (χ4v) is 3.29. The van der Waals surface area contributed by atoms with Crippen molar-refractivity contribution < 1.29 is 38.1 Å². The summed E-state index contributed by atoms with van der Waals surface area (Å²) in [6.07, 6.45) is -0.0939. The van der Waals surface area contributed by atoms with Gasteiger partial charge >= 0.3 is 18.0 Å². The second-order valence-corrected chi connectivity index (χ2v) is 6.80. The molecule has 1 aromatic rings. The van der Waals surface area contributed by atoms with Crippen molar-refractivity contribution in [1.29, 1.82) is 0 Å². The first kappa shape index (κ1) is 24.7. The lowest BCUT2D eigenvalue weighted by molar-refractivity contribution is -0.143. The normalized spacial score (nSPS) is 15.6. The number of urea groups is 1. The second kappa shape index (κ2) is 11.2. The number of hydrogen-bond donors (Lipinski definition) is 0. The van der Waals surface area contributed by atoms with Gasteiger partial charge in [-0.25, -0.2) is 9.59 Å². The van der Waals surface area contributed by atoms with Gasteiger partial charge in [-0.05, 0) is 31.5 Å². The molecule has 32 heavy (non-hydrogen) atoms. The van der Waals surface area contributed by atoms with Crippen LogP contribution in [0.25, 0.3) is 0 Å². The Kier molecular flexibility index (Phi) is 8.62. The van der Waals surface area contributed by atoms with Gasteiger partial charge in [-0.2, -0.15) is 0 Å². The molecule has 1 saturated heterocycles. The van der Waals surface area contributed by atoms with Crippen LogP contribution in [0, 0.1) is 0 Å². The third-order valence-corrected chi connectivity index (χ3v) is 4.79. The summed E-state index contributed by atoms with van der Waals surface area (Å²) in [5.41, 5.74) is 0.431. The van der Waals surface area contributed by atoms with Gasteiger partial charge in [-0.1, -0.05) is 12.6 Å². The Morgan fingerprint density at radius 1 is 1.03 bits per heavy atom. The summed E-state index contributed by atoms with van der Waals surface area (Å²) in [7, 11) is 2.94. The van der Waals surface area contributed by atoms with Gasteiger partial charge in [0.15, 0.2) is 11.5 Å². The van der Waals surface area contributed by atoms with Gasteiger partial charge in [0, 0.05) is 12.1 Å². The van der Waals surface area contributed by atoms with Crippen LogP contribution in [-0.2, 0) is 23.9 Å². The third-order valence-electron chi connectivity index (χ3n) is 4.79. The standard InChI is InChI=1S/C22H28N2O8/c1-6-31-18(25)10-11-23-19(15-8-9-16(29-4)17(12-15)30-5)20(26)24(22(23)28)13-14(3)21(27)32-7-2/h8-9,12,19H,3,6-7,10-11,13H2,1-2,4-5H3. The van der Waals surface area contributed by atoms with Crippen molar-refractivity contribution >= 4 is 23.9 Å². The summed E-state index contributed by atoms with van der Waals surface area (Å²) in [6, 6.07) is 3.18. The van der Waals surface area contributed by atoms with Crippen molar-refractivity contribution in [2.24, 2.45) is 0 Å². The molecule has 1 heterocycles. The molecule has 10 heteroatoms. The van der Waals surface area contributed by atoms with Gasteiger partial charge in [-0.3, -0.25) is 14.5 Å². The van der Waals surface area contributed by atoms with E-state index in [1.54, 1.807) is 32.0 Å². The van der Waals surface area contributed by atoms with Gasteiger partial charge in [0.05, 0.1) is 40.4 Å². The molecule has 1 unspecified atom stereocenters. The molecule has 0 spiro atoms. The van der Waals surface area contributed by atoms with E-state index in [9.17, 15) is 19.2 Å². The molecule has 0 aromatic heterocycles. The maximum absolute atomic E-state index is 13.2. The Morgan fingerprint density at radius 2 is 1.69 bits per heavy atom. The average molecular weight is 448 g/mol. The van der Waals surface area contributed by atoms with Gasteiger partial charge in [0.2, 0.25) is 0 Å². The molecular weight excluding hydrogens is 420 g/mol. The predicted molar refractivity (Wildman–Crippen MR) is 113 cm³/mol. The number of ether oxygens (including phenoxy) is 4. The number of methoxy groups -OCH3 is 2. The third kappa shape index (κ3) is 5.37. The number of esters is 2. The quantitative estimate of drug-likeness (QED) is 0.287. The summed E-state index contributed by atoms with van der Waals surface area (Å²) in [6.45, 7) is 6.92. The van der Waals surface area contributed by atoms with Crippen molar-refractivity contribution in [1.82, 2.24) is 9.80 Å². The molecule has 174 valence electrons. The van der Waals surface area contributed by atoms with Crippen LogP contribution in [0.5, 0.6) is 11.5 Å². The molecule has 0 radical (unpaired) electrons. The topological polar surface area (TPSA) is 112 Å². The van der Waals surface area contributed by atoms with Crippen LogP contribution in [0.15, 0.2) is 30.4 Å².